The van der Waals surface area contributed by atoms with Crippen molar-refractivity contribution in [2.75, 3.05) is 26.8 Å². The average Bonchev–Trinajstić information content (AvgIpc) is 2.31. The van der Waals surface area contributed by atoms with Crippen molar-refractivity contribution in [3.05, 3.63) is 0 Å². The molecule has 0 saturated carbocycles. The first-order chi connectivity index (χ1) is 5.25. The van der Waals surface area contributed by atoms with Gasteiger partial charge in [0.2, 0.25) is 5.91 Å². The lowest BCUT2D eigenvalue weighted by Crippen LogP contribution is -2.30. The Labute approximate surface area is 74.8 Å². The summed E-state index contributed by atoms with van der Waals surface area (Å²) in [5.74, 6) is 0.196. The van der Waals surface area contributed by atoms with E-state index in [4.69, 9.17) is 4.74 Å². The molecule has 0 bridgehead atoms. The van der Waals surface area contributed by atoms with Gasteiger partial charge in [0.25, 0.3) is 0 Å². The Hall–Kier alpha value is -0.0900. The molecule has 1 atom stereocenters. The maximum absolute atomic E-state index is 11.2. The highest BCUT2D eigenvalue weighted by atomic mass is 79.9. The van der Waals surface area contributed by atoms with Crippen LogP contribution in [0.3, 0.4) is 0 Å². The molecule has 1 amide bonds. The highest BCUT2D eigenvalue weighted by Crippen LogP contribution is 2.17. The summed E-state index contributed by atoms with van der Waals surface area (Å²) in [4.78, 5) is 13.1. The third-order valence-corrected chi connectivity index (χ3v) is 2.65. The number of likely N-dealkylation sites (tertiary alicyclic amines) is 1. The summed E-state index contributed by atoms with van der Waals surface area (Å²) in [6.07, 6.45) is 0.919. The quantitative estimate of drug-likeness (QED) is 0.655. The molecule has 1 fully saturated rings. The number of ether oxygens (including phenoxy) is 1. The highest BCUT2D eigenvalue weighted by Gasteiger charge is 2.28. The van der Waals surface area contributed by atoms with Crippen LogP contribution in [0, 0.1) is 0 Å². The first-order valence-corrected chi connectivity index (χ1v) is 4.59. The van der Waals surface area contributed by atoms with Crippen LogP contribution >= 0.6 is 15.9 Å². The van der Waals surface area contributed by atoms with Gasteiger partial charge in [-0.1, -0.05) is 15.9 Å². The minimum Gasteiger partial charge on any atom is -0.383 e. The van der Waals surface area contributed by atoms with Gasteiger partial charge in [-0.2, -0.15) is 0 Å². The molecular formula is C7H12BrNO2. The minimum atomic E-state index is 0.0411. The predicted molar refractivity (Wildman–Crippen MR) is 45.8 cm³/mol. The molecule has 4 heteroatoms. The Kier molecular flexibility index (Phi) is 3.33. The van der Waals surface area contributed by atoms with Gasteiger partial charge in [0, 0.05) is 20.2 Å². The van der Waals surface area contributed by atoms with Gasteiger partial charge >= 0.3 is 0 Å². The van der Waals surface area contributed by atoms with E-state index >= 15 is 0 Å². The summed E-state index contributed by atoms with van der Waals surface area (Å²) in [5.41, 5.74) is 0. The number of hydrogen-bond acceptors (Lipinski definition) is 2. The second-order valence-electron chi connectivity index (χ2n) is 2.57. The molecule has 11 heavy (non-hydrogen) atoms. The Morgan fingerprint density at radius 1 is 1.82 bits per heavy atom. The van der Waals surface area contributed by atoms with E-state index in [1.807, 2.05) is 4.90 Å². The van der Waals surface area contributed by atoms with Crippen molar-refractivity contribution < 1.29 is 9.53 Å². The van der Waals surface area contributed by atoms with Gasteiger partial charge in [0.1, 0.15) is 0 Å². The van der Waals surface area contributed by atoms with Gasteiger partial charge in [-0.15, -0.1) is 0 Å². The molecule has 0 radical (unpaired) electrons. The van der Waals surface area contributed by atoms with Gasteiger partial charge in [-0.05, 0) is 6.42 Å². The number of methoxy groups -OCH3 is 1. The number of carbonyl (C=O) groups excluding carboxylic acids is 1. The lowest BCUT2D eigenvalue weighted by Gasteiger charge is -2.14. The van der Waals surface area contributed by atoms with E-state index in [9.17, 15) is 4.79 Å². The zero-order valence-electron chi connectivity index (χ0n) is 6.55. The van der Waals surface area contributed by atoms with Gasteiger partial charge < -0.3 is 9.64 Å². The topological polar surface area (TPSA) is 29.5 Å². The van der Waals surface area contributed by atoms with Gasteiger partial charge in [0.15, 0.2) is 0 Å². The van der Waals surface area contributed by atoms with E-state index in [1.165, 1.54) is 0 Å². The number of amides is 1. The van der Waals surface area contributed by atoms with Gasteiger partial charge in [-0.25, -0.2) is 0 Å². The molecule has 1 unspecified atom stereocenters. The standard InChI is InChI=1S/C7H12BrNO2/c1-11-5-4-9-3-2-6(8)7(9)10/h6H,2-5H2,1H3. The number of rotatable bonds is 3. The number of hydrogen-bond donors (Lipinski definition) is 0. The molecule has 1 aliphatic rings. The van der Waals surface area contributed by atoms with Crippen LogP contribution in [0.5, 0.6) is 0 Å². The van der Waals surface area contributed by atoms with E-state index in [0.717, 1.165) is 19.5 Å². The Balaban J connectivity index is 2.30. The molecule has 0 aromatic carbocycles. The van der Waals surface area contributed by atoms with Crippen LogP contribution in [0.1, 0.15) is 6.42 Å². The van der Waals surface area contributed by atoms with Crippen LogP contribution in [-0.4, -0.2) is 42.4 Å². The van der Waals surface area contributed by atoms with Crippen LogP contribution in [0.4, 0.5) is 0 Å². The molecule has 0 aromatic heterocycles. The molecule has 3 nitrogen and oxygen atoms in total. The average molecular weight is 222 g/mol. The molecular weight excluding hydrogens is 210 g/mol. The van der Waals surface area contributed by atoms with Crippen LogP contribution in [0.2, 0.25) is 0 Å². The fourth-order valence-electron chi connectivity index (χ4n) is 1.12. The third-order valence-electron chi connectivity index (χ3n) is 1.80. The van der Waals surface area contributed by atoms with E-state index in [0.29, 0.717) is 6.61 Å². The maximum Gasteiger partial charge on any atom is 0.236 e. The fourth-order valence-corrected chi connectivity index (χ4v) is 1.62. The molecule has 1 aliphatic heterocycles. The third kappa shape index (κ3) is 2.17. The summed E-state index contributed by atoms with van der Waals surface area (Å²) < 4.78 is 4.88. The van der Waals surface area contributed by atoms with Crippen LogP contribution < -0.4 is 0 Å². The second kappa shape index (κ2) is 4.07. The SMILES string of the molecule is COCCN1CCC(Br)C1=O. The predicted octanol–water partition coefficient (Wildman–Crippen LogP) is 0.629. The normalized spacial score (nSPS) is 24.7. The van der Waals surface area contributed by atoms with Crippen molar-refractivity contribution in [2.24, 2.45) is 0 Å². The largest absolute Gasteiger partial charge is 0.383 e. The van der Waals surface area contributed by atoms with Crippen molar-refractivity contribution in [1.82, 2.24) is 4.90 Å². The van der Waals surface area contributed by atoms with Crippen molar-refractivity contribution in [3.63, 3.8) is 0 Å². The molecule has 1 heterocycles. The molecule has 1 saturated heterocycles. The summed E-state index contributed by atoms with van der Waals surface area (Å²) >= 11 is 3.30. The number of halogens is 1. The van der Waals surface area contributed by atoms with Crippen molar-refractivity contribution in [2.45, 2.75) is 11.2 Å². The lowest BCUT2D eigenvalue weighted by atomic mass is 10.4. The van der Waals surface area contributed by atoms with Crippen LogP contribution in [-0.2, 0) is 9.53 Å². The Bertz CT molecular complexity index is 151. The van der Waals surface area contributed by atoms with E-state index in [2.05, 4.69) is 15.9 Å². The fraction of sp³-hybridized carbons (Fsp3) is 0.857. The maximum atomic E-state index is 11.2. The first-order valence-electron chi connectivity index (χ1n) is 3.67. The minimum absolute atomic E-state index is 0.0411. The second-order valence-corrected chi connectivity index (χ2v) is 3.68. The first kappa shape index (κ1) is 9.00. The molecule has 0 aliphatic carbocycles. The van der Waals surface area contributed by atoms with Crippen molar-refractivity contribution in [3.8, 4) is 0 Å². The molecule has 0 spiro atoms. The summed E-state index contributed by atoms with van der Waals surface area (Å²) in [6.45, 7) is 2.21. The van der Waals surface area contributed by atoms with E-state index in [-0.39, 0.29) is 10.7 Å². The summed E-state index contributed by atoms with van der Waals surface area (Å²) in [6, 6.07) is 0. The monoisotopic (exact) mass is 221 g/mol. The zero-order valence-corrected chi connectivity index (χ0v) is 8.13. The molecule has 0 N–H and O–H groups in total. The van der Waals surface area contributed by atoms with E-state index in [1.54, 1.807) is 7.11 Å². The van der Waals surface area contributed by atoms with Crippen molar-refractivity contribution in [1.29, 1.82) is 0 Å². The van der Waals surface area contributed by atoms with Gasteiger partial charge in [-0.3, -0.25) is 4.79 Å². The number of alkyl halides is 1. The highest BCUT2D eigenvalue weighted by molar-refractivity contribution is 9.10. The lowest BCUT2D eigenvalue weighted by molar-refractivity contribution is -0.127. The number of nitrogens with zero attached hydrogens (tertiary/aromatic N) is 1. The molecule has 64 valence electrons. The molecule has 0 aromatic rings. The zero-order chi connectivity index (χ0) is 8.27. The summed E-state index contributed by atoms with van der Waals surface area (Å²) in [5, 5.41) is 0. The Morgan fingerprint density at radius 3 is 3.00 bits per heavy atom. The number of carbonyl (C=O) groups is 1. The van der Waals surface area contributed by atoms with Crippen LogP contribution in [0.15, 0.2) is 0 Å². The van der Waals surface area contributed by atoms with E-state index < -0.39 is 0 Å². The summed E-state index contributed by atoms with van der Waals surface area (Å²) in [7, 11) is 1.65. The van der Waals surface area contributed by atoms with Gasteiger partial charge in [0.05, 0.1) is 11.4 Å². The van der Waals surface area contributed by atoms with Crippen LogP contribution in [0.25, 0.3) is 0 Å². The molecule has 1 rings (SSSR count). The smallest absolute Gasteiger partial charge is 0.236 e. The van der Waals surface area contributed by atoms with Crippen molar-refractivity contribution >= 4 is 21.8 Å². The Morgan fingerprint density at radius 2 is 2.55 bits per heavy atom.